The first kappa shape index (κ1) is 23.7. The van der Waals surface area contributed by atoms with Crippen molar-refractivity contribution in [3.05, 3.63) is 30.0 Å². The molecule has 0 aliphatic heterocycles. The number of hydrogen-bond acceptors (Lipinski definition) is 6. The van der Waals surface area contributed by atoms with Crippen molar-refractivity contribution >= 4 is 17.8 Å². The van der Waals surface area contributed by atoms with Crippen LogP contribution in [0.3, 0.4) is 0 Å². The van der Waals surface area contributed by atoms with Crippen LogP contribution in [0.2, 0.25) is 0 Å². The Kier molecular flexibility index (Phi) is 7.48. The number of rotatable bonds is 5. The summed E-state index contributed by atoms with van der Waals surface area (Å²) in [5.74, 6) is 1.73. The van der Waals surface area contributed by atoms with Crippen molar-refractivity contribution in [1.82, 2.24) is 25.1 Å². The summed E-state index contributed by atoms with van der Waals surface area (Å²) >= 11 is 0. The molecule has 9 heteroatoms. The van der Waals surface area contributed by atoms with Gasteiger partial charge in [-0.25, -0.2) is 9.78 Å². The Bertz CT molecular complexity index is 905. The lowest BCUT2D eigenvalue weighted by Crippen LogP contribution is -2.50. The summed E-state index contributed by atoms with van der Waals surface area (Å²) in [6, 6.07) is 2.92. The molecule has 2 aromatic rings. The summed E-state index contributed by atoms with van der Waals surface area (Å²) < 4.78 is 7.30. The normalized spacial score (nSPS) is 16.2. The van der Waals surface area contributed by atoms with Crippen LogP contribution in [0, 0.1) is 19.8 Å². The molecule has 174 valence electrons. The molecule has 1 atom stereocenters. The maximum Gasteiger partial charge on any atom is 0.408 e. The third kappa shape index (κ3) is 6.27. The smallest absolute Gasteiger partial charge is 0.408 e. The number of alkyl carbamates (subject to hydrolysis) is 1. The Morgan fingerprint density at radius 2 is 1.69 bits per heavy atom. The highest BCUT2D eigenvalue weighted by Gasteiger charge is 2.32. The molecular formula is C23H34N6O3. The Balaban J connectivity index is 1.74. The summed E-state index contributed by atoms with van der Waals surface area (Å²) in [7, 11) is 0. The third-order valence-corrected chi connectivity index (χ3v) is 5.57. The first-order valence-corrected chi connectivity index (χ1v) is 11.3. The van der Waals surface area contributed by atoms with Gasteiger partial charge in [-0.3, -0.25) is 9.36 Å². The monoisotopic (exact) mass is 442 g/mol. The minimum Gasteiger partial charge on any atom is -0.444 e. The van der Waals surface area contributed by atoms with Gasteiger partial charge in [-0.2, -0.15) is 0 Å². The molecule has 0 aromatic carbocycles. The van der Waals surface area contributed by atoms with E-state index in [0.717, 1.165) is 55.9 Å². The summed E-state index contributed by atoms with van der Waals surface area (Å²) in [4.78, 5) is 30.0. The lowest BCUT2D eigenvalue weighted by Gasteiger charge is -2.28. The minimum absolute atomic E-state index is 0.0617. The molecule has 0 spiro atoms. The van der Waals surface area contributed by atoms with E-state index in [0.29, 0.717) is 5.82 Å². The fraction of sp³-hybridized carbons (Fsp3) is 0.609. The number of amides is 2. The zero-order valence-electron chi connectivity index (χ0n) is 19.6. The van der Waals surface area contributed by atoms with Gasteiger partial charge in [0.25, 0.3) is 0 Å². The molecule has 0 saturated heterocycles. The van der Waals surface area contributed by atoms with Crippen molar-refractivity contribution in [2.75, 3.05) is 5.32 Å². The van der Waals surface area contributed by atoms with Crippen LogP contribution in [0.25, 0.3) is 5.69 Å². The van der Waals surface area contributed by atoms with Crippen molar-refractivity contribution < 1.29 is 14.3 Å². The second-order valence-corrected chi connectivity index (χ2v) is 9.40. The van der Waals surface area contributed by atoms with E-state index in [-0.39, 0.29) is 11.8 Å². The van der Waals surface area contributed by atoms with Gasteiger partial charge in [0.15, 0.2) is 0 Å². The Hall–Kier alpha value is -2.97. The minimum atomic E-state index is -0.674. The van der Waals surface area contributed by atoms with E-state index in [1.807, 2.05) is 24.5 Å². The van der Waals surface area contributed by atoms with E-state index in [1.54, 1.807) is 33.0 Å². The Morgan fingerprint density at radius 3 is 2.22 bits per heavy atom. The zero-order valence-corrected chi connectivity index (χ0v) is 19.6. The average molecular weight is 443 g/mol. The van der Waals surface area contributed by atoms with Crippen LogP contribution in [0.1, 0.15) is 70.9 Å². The van der Waals surface area contributed by atoms with Gasteiger partial charge in [-0.05, 0) is 65.5 Å². The molecule has 3 rings (SSSR count). The number of pyridine rings is 1. The van der Waals surface area contributed by atoms with Gasteiger partial charge in [0.1, 0.15) is 29.1 Å². The maximum absolute atomic E-state index is 13.2. The molecule has 0 bridgehead atoms. The number of anilines is 1. The van der Waals surface area contributed by atoms with Crippen molar-refractivity contribution in [1.29, 1.82) is 0 Å². The van der Waals surface area contributed by atoms with E-state index in [2.05, 4.69) is 25.8 Å². The average Bonchev–Trinajstić information content (AvgIpc) is 2.91. The van der Waals surface area contributed by atoms with Crippen LogP contribution < -0.4 is 10.6 Å². The third-order valence-electron chi connectivity index (χ3n) is 5.57. The molecule has 2 amide bonds. The molecule has 2 N–H and O–H groups in total. The zero-order chi connectivity index (χ0) is 23.3. The van der Waals surface area contributed by atoms with Crippen molar-refractivity contribution in [2.45, 2.75) is 84.8 Å². The van der Waals surface area contributed by atoms with Gasteiger partial charge in [0, 0.05) is 0 Å². The molecule has 32 heavy (non-hydrogen) atoms. The number of aryl methyl sites for hydroxylation is 2. The molecule has 1 saturated carbocycles. The number of aromatic nitrogens is 4. The van der Waals surface area contributed by atoms with Crippen LogP contribution in [0.5, 0.6) is 0 Å². The second-order valence-electron chi connectivity index (χ2n) is 9.40. The summed E-state index contributed by atoms with van der Waals surface area (Å²) in [6.07, 6.45) is 7.29. The van der Waals surface area contributed by atoms with Crippen LogP contribution in [-0.4, -0.2) is 43.4 Å². The van der Waals surface area contributed by atoms with Crippen molar-refractivity contribution in [3.8, 4) is 5.69 Å². The van der Waals surface area contributed by atoms with E-state index in [4.69, 9.17) is 4.74 Å². The molecular weight excluding hydrogens is 408 g/mol. The van der Waals surface area contributed by atoms with E-state index < -0.39 is 17.7 Å². The number of hydrogen-bond donors (Lipinski definition) is 2. The van der Waals surface area contributed by atoms with Crippen LogP contribution >= 0.6 is 0 Å². The van der Waals surface area contributed by atoms with Crippen molar-refractivity contribution in [3.63, 3.8) is 0 Å². The number of carbonyl (C=O) groups excluding carboxylic acids is 2. The molecule has 2 heterocycles. The quantitative estimate of drug-likeness (QED) is 0.675. The maximum atomic E-state index is 13.2. The molecule has 0 radical (unpaired) electrons. The highest BCUT2D eigenvalue weighted by molar-refractivity contribution is 5.96. The number of ether oxygens (including phenoxy) is 1. The highest BCUT2D eigenvalue weighted by Crippen LogP contribution is 2.27. The Morgan fingerprint density at radius 1 is 1.06 bits per heavy atom. The number of nitrogens with zero attached hydrogens (tertiary/aromatic N) is 4. The molecule has 1 aliphatic rings. The van der Waals surface area contributed by atoms with Gasteiger partial charge in [0.05, 0.1) is 11.9 Å². The molecule has 1 fully saturated rings. The van der Waals surface area contributed by atoms with E-state index in [9.17, 15) is 9.59 Å². The van der Waals surface area contributed by atoms with E-state index in [1.165, 1.54) is 0 Å². The SMILES string of the molecule is Cc1nnc(C)n1-c1ccc(NC(=O)[C@@H](NC(=O)OC(C)(C)C)C2CCCCCC2)nc1. The fourth-order valence-corrected chi connectivity index (χ4v) is 4.11. The predicted molar refractivity (Wildman–Crippen MR) is 122 cm³/mol. The first-order valence-electron chi connectivity index (χ1n) is 11.3. The van der Waals surface area contributed by atoms with Gasteiger partial charge in [0.2, 0.25) is 5.91 Å². The number of nitrogens with one attached hydrogen (secondary N) is 2. The molecule has 0 unspecified atom stereocenters. The highest BCUT2D eigenvalue weighted by atomic mass is 16.6. The topological polar surface area (TPSA) is 111 Å². The standard InChI is InChI=1S/C23H34N6O3/c1-15-27-28-16(2)29(15)18-12-13-19(24-14-18)25-21(30)20(17-10-8-6-7-9-11-17)26-22(31)32-23(3,4)5/h12-14,17,20H,6-11H2,1-5H3,(H,26,31)(H,24,25,30)/t20-/m0/s1. The molecule has 1 aliphatic carbocycles. The van der Waals surface area contributed by atoms with Crippen molar-refractivity contribution in [2.24, 2.45) is 5.92 Å². The lowest BCUT2D eigenvalue weighted by atomic mass is 9.91. The second kappa shape index (κ2) is 10.1. The predicted octanol–water partition coefficient (Wildman–Crippen LogP) is 4.08. The largest absolute Gasteiger partial charge is 0.444 e. The van der Waals surface area contributed by atoms with Gasteiger partial charge < -0.3 is 15.4 Å². The van der Waals surface area contributed by atoms with Crippen LogP contribution in [0.4, 0.5) is 10.6 Å². The molecule has 9 nitrogen and oxygen atoms in total. The van der Waals surface area contributed by atoms with E-state index >= 15 is 0 Å². The summed E-state index contributed by atoms with van der Waals surface area (Å²) in [6.45, 7) is 9.15. The van der Waals surface area contributed by atoms with Gasteiger partial charge >= 0.3 is 6.09 Å². The lowest BCUT2D eigenvalue weighted by molar-refractivity contribution is -0.119. The van der Waals surface area contributed by atoms with Gasteiger partial charge in [-0.15, -0.1) is 10.2 Å². The summed E-state index contributed by atoms with van der Waals surface area (Å²) in [5, 5.41) is 13.8. The van der Waals surface area contributed by atoms with Crippen LogP contribution in [0.15, 0.2) is 18.3 Å². The van der Waals surface area contributed by atoms with Crippen LogP contribution in [-0.2, 0) is 9.53 Å². The number of carbonyl (C=O) groups is 2. The fourth-order valence-electron chi connectivity index (χ4n) is 4.11. The Labute approximate surface area is 189 Å². The van der Waals surface area contributed by atoms with Gasteiger partial charge in [-0.1, -0.05) is 25.7 Å². The first-order chi connectivity index (χ1) is 15.1. The summed E-state index contributed by atoms with van der Waals surface area (Å²) in [5.41, 5.74) is 0.180. The molecule has 2 aromatic heterocycles.